The number of guanidine groups is 1. The number of likely N-dealkylation sites (N-methyl/N-ethyl adjacent to an activating group) is 2. The van der Waals surface area contributed by atoms with E-state index in [-0.39, 0.29) is 6.10 Å². The molecule has 2 aliphatic rings. The maximum Gasteiger partial charge on any atom is 0.191 e. The van der Waals surface area contributed by atoms with Gasteiger partial charge in [0.15, 0.2) is 5.96 Å². The van der Waals surface area contributed by atoms with Gasteiger partial charge in [-0.1, -0.05) is 18.2 Å². The molecule has 2 heterocycles. The van der Waals surface area contributed by atoms with E-state index in [0.29, 0.717) is 6.04 Å². The molecular formula is C19H31N5O. The van der Waals surface area contributed by atoms with Crippen LogP contribution in [0.2, 0.25) is 0 Å². The molecule has 1 aromatic rings. The molecule has 2 aliphatic heterocycles. The zero-order valence-electron chi connectivity index (χ0n) is 15.7. The Bertz CT molecular complexity index is 566. The lowest BCUT2D eigenvalue weighted by atomic mass is 10.1. The van der Waals surface area contributed by atoms with Crippen molar-refractivity contribution < 1.29 is 4.74 Å². The second-order valence-corrected chi connectivity index (χ2v) is 7.05. The van der Waals surface area contributed by atoms with Crippen LogP contribution < -0.4 is 15.4 Å². The Kier molecular flexibility index (Phi) is 6.15. The zero-order chi connectivity index (χ0) is 17.6. The van der Waals surface area contributed by atoms with Crippen LogP contribution in [0.5, 0.6) is 5.75 Å². The molecular weight excluding hydrogens is 314 g/mol. The van der Waals surface area contributed by atoms with Crippen LogP contribution >= 0.6 is 0 Å². The Morgan fingerprint density at radius 1 is 1.24 bits per heavy atom. The third-order valence-electron chi connectivity index (χ3n) is 5.00. The minimum atomic E-state index is 0.171. The molecule has 138 valence electrons. The predicted octanol–water partition coefficient (Wildman–Crippen LogP) is 0.791. The number of hydrogen-bond acceptors (Lipinski definition) is 4. The van der Waals surface area contributed by atoms with Crippen molar-refractivity contribution in [1.29, 1.82) is 0 Å². The second kappa shape index (κ2) is 8.54. The Hall–Kier alpha value is -1.79. The molecule has 0 bridgehead atoms. The van der Waals surface area contributed by atoms with Crippen LogP contribution in [-0.2, 0) is 6.42 Å². The first-order valence-electron chi connectivity index (χ1n) is 9.31. The summed E-state index contributed by atoms with van der Waals surface area (Å²) in [6, 6.07) is 8.76. The number of fused-ring (bicyclic) bond motifs is 1. The molecule has 3 rings (SSSR count). The molecule has 0 aromatic heterocycles. The Balaban J connectivity index is 1.51. The topological polar surface area (TPSA) is 52.1 Å². The van der Waals surface area contributed by atoms with E-state index in [4.69, 9.17) is 9.73 Å². The molecule has 1 aromatic carbocycles. The second-order valence-electron chi connectivity index (χ2n) is 7.05. The van der Waals surface area contributed by atoms with Gasteiger partial charge in [0, 0.05) is 38.6 Å². The standard InChI is InChI=1S/C19H31N5O/c1-4-20-19(21-12-16-14-23(2)9-10-24(16)3)22-13-17-11-15-7-5-6-8-18(15)25-17/h5-8,16-17H,4,9-14H2,1-3H3,(H2,20,21,22). The molecule has 0 spiro atoms. The fraction of sp³-hybridized carbons (Fsp3) is 0.632. The highest BCUT2D eigenvalue weighted by Gasteiger charge is 2.23. The van der Waals surface area contributed by atoms with Gasteiger partial charge < -0.3 is 20.3 Å². The number of nitrogens with one attached hydrogen (secondary N) is 2. The summed E-state index contributed by atoms with van der Waals surface area (Å²) in [5, 5.41) is 6.79. The van der Waals surface area contributed by atoms with Gasteiger partial charge in [0.2, 0.25) is 0 Å². The molecule has 25 heavy (non-hydrogen) atoms. The summed E-state index contributed by atoms with van der Waals surface area (Å²) in [6.07, 6.45) is 1.13. The van der Waals surface area contributed by atoms with Gasteiger partial charge in [-0.05, 0) is 32.6 Å². The van der Waals surface area contributed by atoms with Crippen molar-refractivity contribution in [2.45, 2.75) is 25.5 Å². The number of rotatable bonds is 5. The molecule has 6 heteroatoms. The number of piperazine rings is 1. The van der Waals surface area contributed by atoms with Crippen LogP contribution in [0.4, 0.5) is 0 Å². The lowest BCUT2D eigenvalue weighted by Gasteiger charge is -2.36. The highest BCUT2D eigenvalue weighted by Crippen LogP contribution is 2.27. The first kappa shape index (κ1) is 18.0. The smallest absolute Gasteiger partial charge is 0.191 e. The van der Waals surface area contributed by atoms with Crippen molar-refractivity contribution in [3.05, 3.63) is 29.8 Å². The quantitative estimate of drug-likeness (QED) is 0.610. The molecule has 2 unspecified atom stereocenters. The van der Waals surface area contributed by atoms with Crippen molar-refractivity contribution in [2.75, 3.05) is 53.4 Å². The number of ether oxygens (including phenoxy) is 1. The van der Waals surface area contributed by atoms with Gasteiger partial charge in [-0.3, -0.25) is 9.89 Å². The van der Waals surface area contributed by atoms with Crippen LogP contribution in [0.25, 0.3) is 0 Å². The third kappa shape index (κ3) is 4.86. The van der Waals surface area contributed by atoms with Gasteiger partial charge in [0.25, 0.3) is 0 Å². The monoisotopic (exact) mass is 345 g/mol. The van der Waals surface area contributed by atoms with Crippen LogP contribution in [0.15, 0.2) is 29.3 Å². The SMILES string of the molecule is CCNC(=NCC1CN(C)CCN1C)NCC1Cc2ccccc2O1. The average Bonchev–Trinajstić information content (AvgIpc) is 3.03. The highest BCUT2D eigenvalue weighted by molar-refractivity contribution is 5.79. The lowest BCUT2D eigenvalue weighted by molar-refractivity contribution is 0.119. The molecule has 0 aliphatic carbocycles. The zero-order valence-corrected chi connectivity index (χ0v) is 15.7. The van der Waals surface area contributed by atoms with Crippen LogP contribution in [0, 0.1) is 0 Å². The van der Waals surface area contributed by atoms with E-state index in [9.17, 15) is 0 Å². The van der Waals surface area contributed by atoms with E-state index in [1.165, 1.54) is 5.56 Å². The molecule has 2 atom stereocenters. The molecule has 6 nitrogen and oxygen atoms in total. The first-order valence-corrected chi connectivity index (χ1v) is 9.31. The minimum Gasteiger partial charge on any atom is -0.488 e. The van der Waals surface area contributed by atoms with Gasteiger partial charge in [0.05, 0.1) is 13.1 Å². The number of benzene rings is 1. The van der Waals surface area contributed by atoms with E-state index < -0.39 is 0 Å². The fourth-order valence-corrected chi connectivity index (χ4v) is 3.42. The van der Waals surface area contributed by atoms with Gasteiger partial charge in [-0.15, -0.1) is 0 Å². The van der Waals surface area contributed by atoms with Crippen molar-refractivity contribution in [1.82, 2.24) is 20.4 Å². The summed E-state index contributed by atoms with van der Waals surface area (Å²) in [7, 11) is 4.37. The van der Waals surface area contributed by atoms with Crippen LogP contribution in [0.3, 0.4) is 0 Å². The molecule has 1 saturated heterocycles. The maximum atomic E-state index is 6.00. The van der Waals surface area contributed by atoms with Gasteiger partial charge in [-0.2, -0.15) is 0 Å². The minimum absolute atomic E-state index is 0.171. The summed E-state index contributed by atoms with van der Waals surface area (Å²) in [5.74, 6) is 1.90. The third-order valence-corrected chi connectivity index (χ3v) is 5.00. The van der Waals surface area contributed by atoms with E-state index in [2.05, 4.69) is 53.6 Å². The van der Waals surface area contributed by atoms with Gasteiger partial charge in [0.1, 0.15) is 11.9 Å². The number of nitrogens with zero attached hydrogens (tertiary/aromatic N) is 3. The summed E-state index contributed by atoms with van der Waals surface area (Å²) in [5.41, 5.74) is 1.29. The fourth-order valence-electron chi connectivity index (χ4n) is 3.42. The maximum absolute atomic E-state index is 6.00. The summed E-state index contributed by atoms with van der Waals surface area (Å²) < 4.78 is 6.00. The molecule has 0 amide bonds. The average molecular weight is 345 g/mol. The summed E-state index contributed by atoms with van der Waals surface area (Å²) in [4.78, 5) is 9.59. The molecule has 1 fully saturated rings. The Labute approximate surface area is 151 Å². The number of hydrogen-bond donors (Lipinski definition) is 2. The highest BCUT2D eigenvalue weighted by atomic mass is 16.5. The number of aliphatic imine (C=N–C) groups is 1. The van der Waals surface area contributed by atoms with Gasteiger partial charge >= 0.3 is 0 Å². The Morgan fingerprint density at radius 3 is 2.88 bits per heavy atom. The molecule has 0 radical (unpaired) electrons. The first-order chi connectivity index (χ1) is 12.2. The predicted molar refractivity (Wildman–Crippen MR) is 102 cm³/mol. The van der Waals surface area contributed by atoms with Gasteiger partial charge in [-0.25, -0.2) is 0 Å². The molecule has 2 N–H and O–H groups in total. The van der Waals surface area contributed by atoms with Crippen molar-refractivity contribution in [3.8, 4) is 5.75 Å². The van der Waals surface area contributed by atoms with E-state index in [1.54, 1.807) is 0 Å². The van der Waals surface area contributed by atoms with Crippen LogP contribution in [0.1, 0.15) is 12.5 Å². The lowest BCUT2D eigenvalue weighted by Crippen LogP contribution is -2.51. The van der Waals surface area contributed by atoms with Crippen molar-refractivity contribution >= 4 is 5.96 Å². The number of para-hydroxylation sites is 1. The van der Waals surface area contributed by atoms with Crippen molar-refractivity contribution in [3.63, 3.8) is 0 Å². The molecule has 0 saturated carbocycles. The summed E-state index contributed by atoms with van der Waals surface area (Å²) >= 11 is 0. The largest absolute Gasteiger partial charge is 0.488 e. The van der Waals surface area contributed by atoms with E-state index >= 15 is 0 Å². The summed E-state index contributed by atoms with van der Waals surface area (Å²) in [6.45, 7) is 7.84. The van der Waals surface area contributed by atoms with E-state index in [0.717, 1.165) is 57.4 Å². The Morgan fingerprint density at radius 2 is 2.08 bits per heavy atom. The normalized spacial score (nSPS) is 24.7. The van der Waals surface area contributed by atoms with Crippen molar-refractivity contribution in [2.24, 2.45) is 4.99 Å². The van der Waals surface area contributed by atoms with Crippen LogP contribution in [-0.4, -0.2) is 81.3 Å². The van der Waals surface area contributed by atoms with E-state index in [1.807, 2.05) is 12.1 Å².